The van der Waals surface area contributed by atoms with Gasteiger partial charge in [-0.2, -0.15) is 0 Å². The van der Waals surface area contributed by atoms with Gasteiger partial charge >= 0.3 is 0 Å². The number of carbonyl (C=O) groups is 1. The molecule has 0 N–H and O–H groups in total. The minimum Gasteiger partial charge on any atom is -0.341 e. The van der Waals surface area contributed by atoms with Crippen LogP contribution in [0.5, 0.6) is 0 Å². The van der Waals surface area contributed by atoms with Crippen LogP contribution in [0, 0.1) is 5.92 Å². The van der Waals surface area contributed by atoms with Crippen molar-refractivity contribution in [3.8, 4) is 0 Å². The van der Waals surface area contributed by atoms with Crippen LogP contribution in [0.15, 0.2) is 24.3 Å². The SMILES string of the molecule is CC(C)CN(C)C(=O)c1ccc(CS(C)(=O)=O)cc1. The molecule has 0 aliphatic rings. The lowest BCUT2D eigenvalue weighted by Crippen LogP contribution is -2.30. The van der Waals surface area contributed by atoms with Gasteiger partial charge in [0.15, 0.2) is 9.84 Å². The minimum absolute atomic E-state index is 0.00328. The van der Waals surface area contributed by atoms with Gasteiger partial charge in [-0.05, 0) is 23.6 Å². The second-order valence-electron chi connectivity index (χ2n) is 5.35. The highest BCUT2D eigenvalue weighted by Crippen LogP contribution is 2.10. The fourth-order valence-corrected chi connectivity index (χ4v) is 2.70. The summed E-state index contributed by atoms with van der Waals surface area (Å²) in [6.07, 6.45) is 1.20. The van der Waals surface area contributed by atoms with Crippen LogP contribution >= 0.6 is 0 Å². The van der Waals surface area contributed by atoms with E-state index in [0.29, 0.717) is 23.6 Å². The number of sulfone groups is 1. The average Bonchev–Trinajstić information content (AvgIpc) is 2.26. The van der Waals surface area contributed by atoms with Crippen LogP contribution in [-0.4, -0.2) is 39.1 Å². The number of nitrogens with zero attached hydrogens (tertiary/aromatic N) is 1. The van der Waals surface area contributed by atoms with Gasteiger partial charge < -0.3 is 4.90 Å². The van der Waals surface area contributed by atoms with Crippen molar-refractivity contribution < 1.29 is 13.2 Å². The van der Waals surface area contributed by atoms with Crippen LogP contribution in [0.4, 0.5) is 0 Å². The first kappa shape index (κ1) is 15.7. The molecule has 0 aliphatic carbocycles. The van der Waals surface area contributed by atoms with Gasteiger partial charge in [0, 0.05) is 25.4 Å². The number of benzene rings is 1. The van der Waals surface area contributed by atoms with E-state index in [-0.39, 0.29) is 11.7 Å². The summed E-state index contributed by atoms with van der Waals surface area (Å²) in [6, 6.07) is 6.74. The molecule has 0 aromatic heterocycles. The monoisotopic (exact) mass is 283 g/mol. The summed E-state index contributed by atoms with van der Waals surface area (Å²) in [5, 5.41) is 0. The molecule has 19 heavy (non-hydrogen) atoms. The molecule has 0 aliphatic heterocycles. The van der Waals surface area contributed by atoms with Crippen LogP contribution in [-0.2, 0) is 15.6 Å². The number of amides is 1. The molecule has 0 radical (unpaired) electrons. The fourth-order valence-electron chi connectivity index (χ4n) is 1.90. The smallest absolute Gasteiger partial charge is 0.253 e. The van der Waals surface area contributed by atoms with E-state index in [1.807, 2.05) is 0 Å². The average molecular weight is 283 g/mol. The van der Waals surface area contributed by atoms with E-state index in [1.54, 1.807) is 36.2 Å². The predicted molar refractivity (Wildman–Crippen MR) is 76.8 cm³/mol. The Hall–Kier alpha value is -1.36. The van der Waals surface area contributed by atoms with Crippen molar-refractivity contribution >= 4 is 15.7 Å². The Morgan fingerprint density at radius 1 is 1.21 bits per heavy atom. The van der Waals surface area contributed by atoms with E-state index in [2.05, 4.69) is 13.8 Å². The van der Waals surface area contributed by atoms with Crippen molar-refractivity contribution in [1.82, 2.24) is 4.90 Å². The summed E-state index contributed by atoms with van der Waals surface area (Å²) in [6.45, 7) is 4.81. The van der Waals surface area contributed by atoms with Gasteiger partial charge in [-0.1, -0.05) is 26.0 Å². The molecule has 106 valence electrons. The zero-order chi connectivity index (χ0) is 14.6. The Morgan fingerprint density at radius 3 is 2.16 bits per heavy atom. The maximum absolute atomic E-state index is 12.1. The third-order valence-corrected chi connectivity index (χ3v) is 3.47. The van der Waals surface area contributed by atoms with Crippen molar-refractivity contribution in [2.45, 2.75) is 19.6 Å². The van der Waals surface area contributed by atoms with Crippen LogP contribution in [0.2, 0.25) is 0 Å². The van der Waals surface area contributed by atoms with Crippen LogP contribution < -0.4 is 0 Å². The molecule has 1 amide bonds. The topological polar surface area (TPSA) is 54.5 Å². The first-order chi connectivity index (χ1) is 8.69. The lowest BCUT2D eigenvalue weighted by molar-refractivity contribution is 0.0779. The quantitative estimate of drug-likeness (QED) is 0.830. The van der Waals surface area contributed by atoms with Crippen molar-refractivity contribution in [3.05, 3.63) is 35.4 Å². The second kappa shape index (κ2) is 6.19. The summed E-state index contributed by atoms with van der Waals surface area (Å²) >= 11 is 0. The Morgan fingerprint density at radius 2 is 1.74 bits per heavy atom. The molecule has 0 saturated heterocycles. The standard InChI is InChI=1S/C14H21NO3S/c1-11(2)9-15(3)14(16)13-7-5-12(6-8-13)10-19(4,17)18/h5-8,11H,9-10H2,1-4H3. The van der Waals surface area contributed by atoms with E-state index in [1.165, 1.54) is 6.26 Å². The highest BCUT2D eigenvalue weighted by Gasteiger charge is 2.13. The van der Waals surface area contributed by atoms with E-state index < -0.39 is 9.84 Å². The third-order valence-electron chi connectivity index (χ3n) is 2.62. The highest BCUT2D eigenvalue weighted by molar-refractivity contribution is 7.89. The summed E-state index contributed by atoms with van der Waals surface area (Å²) in [4.78, 5) is 13.8. The fraction of sp³-hybridized carbons (Fsp3) is 0.500. The molecule has 0 bridgehead atoms. The van der Waals surface area contributed by atoms with Crippen molar-refractivity contribution in [1.29, 1.82) is 0 Å². The lowest BCUT2D eigenvalue weighted by atomic mass is 10.1. The molecule has 0 unspecified atom stereocenters. The molecular formula is C14H21NO3S. The van der Waals surface area contributed by atoms with E-state index in [0.717, 1.165) is 0 Å². The summed E-state index contributed by atoms with van der Waals surface area (Å²) in [7, 11) is -1.27. The molecule has 1 rings (SSSR count). The summed E-state index contributed by atoms with van der Waals surface area (Å²) in [5.74, 6) is 0.376. The second-order valence-corrected chi connectivity index (χ2v) is 7.49. The normalized spacial score (nSPS) is 11.6. The Kier molecular flexibility index (Phi) is 5.11. The number of carbonyl (C=O) groups excluding carboxylic acids is 1. The number of hydrogen-bond donors (Lipinski definition) is 0. The van der Waals surface area contributed by atoms with Gasteiger partial charge in [-0.25, -0.2) is 8.42 Å². The van der Waals surface area contributed by atoms with Gasteiger partial charge in [-0.15, -0.1) is 0 Å². The first-order valence-electron chi connectivity index (χ1n) is 6.21. The van der Waals surface area contributed by atoms with E-state index in [9.17, 15) is 13.2 Å². The van der Waals surface area contributed by atoms with Crippen molar-refractivity contribution in [2.75, 3.05) is 19.8 Å². The van der Waals surface area contributed by atoms with Gasteiger partial charge in [-0.3, -0.25) is 4.79 Å². The Labute approximate surface area is 115 Å². The molecular weight excluding hydrogens is 262 g/mol. The van der Waals surface area contributed by atoms with E-state index in [4.69, 9.17) is 0 Å². The maximum Gasteiger partial charge on any atom is 0.253 e. The summed E-state index contributed by atoms with van der Waals surface area (Å²) in [5.41, 5.74) is 1.28. The van der Waals surface area contributed by atoms with Crippen molar-refractivity contribution in [2.24, 2.45) is 5.92 Å². The first-order valence-corrected chi connectivity index (χ1v) is 8.27. The molecule has 0 fully saturated rings. The van der Waals surface area contributed by atoms with Crippen molar-refractivity contribution in [3.63, 3.8) is 0 Å². The predicted octanol–water partition coefficient (Wildman–Crippen LogP) is 1.96. The van der Waals surface area contributed by atoms with Crippen LogP contribution in [0.3, 0.4) is 0 Å². The van der Waals surface area contributed by atoms with Gasteiger partial charge in [0.25, 0.3) is 5.91 Å². The molecule has 0 saturated carbocycles. The molecule has 5 heteroatoms. The van der Waals surface area contributed by atoms with Crippen LogP contribution in [0.25, 0.3) is 0 Å². The van der Waals surface area contributed by atoms with Gasteiger partial charge in [0.05, 0.1) is 5.75 Å². The molecule has 1 aromatic rings. The highest BCUT2D eigenvalue weighted by atomic mass is 32.2. The Bertz CT molecular complexity index is 532. The molecule has 0 spiro atoms. The lowest BCUT2D eigenvalue weighted by Gasteiger charge is -2.19. The molecule has 0 atom stereocenters. The number of hydrogen-bond acceptors (Lipinski definition) is 3. The molecule has 1 aromatic carbocycles. The third kappa shape index (κ3) is 5.42. The zero-order valence-corrected chi connectivity index (χ0v) is 12.7. The van der Waals surface area contributed by atoms with Crippen LogP contribution in [0.1, 0.15) is 29.8 Å². The Balaban J connectivity index is 2.78. The maximum atomic E-state index is 12.1. The number of rotatable bonds is 5. The largest absolute Gasteiger partial charge is 0.341 e. The minimum atomic E-state index is -3.04. The summed E-state index contributed by atoms with van der Waals surface area (Å²) < 4.78 is 22.3. The molecule has 0 heterocycles. The van der Waals surface area contributed by atoms with E-state index >= 15 is 0 Å². The van der Waals surface area contributed by atoms with Gasteiger partial charge in [0.1, 0.15) is 0 Å². The molecule has 4 nitrogen and oxygen atoms in total. The zero-order valence-electron chi connectivity index (χ0n) is 11.9. The van der Waals surface area contributed by atoms with Gasteiger partial charge in [0.2, 0.25) is 0 Å².